The van der Waals surface area contributed by atoms with E-state index in [1.165, 1.54) is 4.88 Å². The maximum absolute atomic E-state index is 13.8. The van der Waals surface area contributed by atoms with E-state index in [1.807, 2.05) is 36.5 Å². The molecule has 0 radical (unpaired) electrons. The lowest BCUT2D eigenvalue weighted by Crippen LogP contribution is -2.44. The summed E-state index contributed by atoms with van der Waals surface area (Å²) in [5, 5.41) is 4.25. The number of thiophene rings is 1. The number of nitrogens with two attached hydrogens (primary N) is 1. The molecule has 0 saturated carbocycles. The van der Waals surface area contributed by atoms with Crippen molar-refractivity contribution in [1.29, 1.82) is 0 Å². The molecule has 1 atom stereocenters. The van der Waals surface area contributed by atoms with Gasteiger partial charge in [-0.25, -0.2) is 4.98 Å². The van der Waals surface area contributed by atoms with Crippen LogP contribution in [0.2, 0.25) is 0 Å². The Hall–Kier alpha value is -3.49. The number of benzene rings is 1. The Labute approximate surface area is 201 Å². The highest BCUT2D eigenvalue weighted by atomic mass is 32.1. The van der Waals surface area contributed by atoms with Gasteiger partial charge in [0.2, 0.25) is 5.95 Å². The Kier molecular flexibility index (Phi) is 5.39. The lowest BCUT2D eigenvalue weighted by molar-refractivity contribution is 0.495. The molecule has 1 fully saturated rings. The van der Waals surface area contributed by atoms with E-state index in [9.17, 15) is 4.79 Å². The maximum atomic E-state index is 13.8. The lowest BCUT2D eigenvalue weighted by Gasteiger charge is -2.31. The zero-order valence-electron chi connectivity index (χ0n) is 18.8. The summed E-state index contributed by atoms with van der Waals surface area (Å²) in [6.45, 7) is 2.67. The first-order valence-electron chi connectivity index (χ1n) is 11.6. The molecule has 4 aromatic heterocycles. The van der Waals surface area contributed by atoms with Gasteiger partial charge in [0.15, 0.2) is 0 Å². The Balaban J connectivity index is 1.48. The maximum Gasteiger partial charge on any atom is 0.277 e. The highest BCUT2D eigenvalue weighted by Crippen LogP contribution is 2.26. The molecule has 0 spiro atoms. The van der Waals surface area contributed by atoms with Crippen molar-refractivity contribution >= 4 is 39.1 Å². The fraction of sp³-hybridized carbons (Fsp3) is 0.269. The second-order valence-corrected chi connectivity index (χ2v) is 9.92. The van der Waals surface area contributed by atoms with Crippen LogP contribution in [0.4, 0.5) is 5.95 Å². The number of hydrogen-bond acceptors (Lipinski definition) is 6. The van der Waals surface area contributed by atoms with Crippen molar-refractivity contribution in [1.82, 2.24) is 19.1 Å². The molecule has 7 nitrogen and oxygen atoms in total. The first-order chi connectivity index (χ1) is 16.7. The third kappa shape index (κ3) is 3.78. The van der Waals surface area contributed by atoms with Crippen LogP contribution in [0, 0.1) is 0 Å². The number of fused-ring (bicyclic) bond motifs is 2. The van der Waals surface area contributed by atoms with Gasteiger partial charge in [-0.2, -0.15) is 0 Å². The predicted octanol–water partition coefficient (Wildman–Crippen LogP) is 3.83. The molecule has 1 aliphatic rings. The van der Waals surface area contributed by atoms with Gasteiger partial charge in [-0.3, -0.25) is 9.78 Å². The monoisotopic (exact) mass is 470 g/mol. The van der Waals surface area contributed by atoms with Crippen LogP contribution in [-0.4, -0.2) is 38.2 Å². The van der Waals surface area contributed by atoms with Gasteiger partial charge >= 0.3 is 0 Å². The van der Waals surface area contributed by atoms with Crippen LogP contribution < -0.4 is 16.2 Å². The molecular formula is C26H26N6OS. The smallest absolute Gasteiger partial charge is 0.277 e. The summed E-state index contributed by atoms with van der Waals surface area (Å²) in [4.78, 5) is 26.7. The SMILES string of the molecule is NC1CCCN(c2nc3ccn(Cc4nccc5ccccc45)c(=O)c3n2Cc2cccs2)C1. The summed E-state index contributed by atoms with van der Waals surface area (Å²) >= 11 is 1.69. The standard InChI is InChI=1S/C26H26N6OS/c27-19-6-3-12-31(15-19)26-29-22-10-13-30(17-23-21-8-2-1-5-18(21)9-11-28-23)25(33)24(22)32(26)16-20-7-4-14-34-20/h1-2,4-5,7-11,13-14,19H,3,6,12,15-17,27H2. The third-order valence-corrected chi connectivity index (χ3v) is 7.42. The Morgan fingerprint density at radius 3 is 2.85 bits per heavy atom. The quantitative estimate of drug-likeness (QED) is 0.422. The summed E-state index contributed by atoms with van der Waals surface area (Å²) in [6.07, 6.45) is 5.69. The zero-order valence-corrected chi connectivity index (χ0v) is 19.6. The molecule has 5 heterocycles. The van der Waals surface area contributed by atoms with Crippen LogP contribution in [0.1, 0.15) is 23.4 Å². The summed E-state index contributed by atoms with van der Waals surface area (Å²) in [6, 6.07) is 16.4. The number of hydrogen-bond donors (Lipinski definition) is 1. The third-order valence-electron chi connectivity index (χ3n) is 6.56. The Bertz CT molecular complexity index is 1510. The second-order valence-electron chi connectivity index (χ2n) is 8.89. The molecule has 1 aliphatic heterocycles. The van der Waals surface area contributed by atoms with Crippen LogP contribution in [0.5, 0.6) is 0 Å². The van der Waals surface area contributed by atoms with Gasteiger partial charge in [0, 0.05) is 41.8 Å². The molecule has 1 unspecified atom stereocenters. The lowest BCUT2D eigenvalue weighted by atomic mass is 10.1. The van der Waals surface area contributed by atoms with Gasteiger partial charge in [0.05, 0.1) is 24.3 Å². The molecule has 5 aromatic rings. The number of piperidine rings is 1. The van der Waals surface area contributed by atoms with Crippen molar-refractivity contribution < 1.29 is 0 Å². The molecule has 0 bridgehead atoms. The van der Waals surface area contributed by atoms with Crippen molar-refractivity contribution in [3.05, 3.63) is 87.2 Å². The number of aromatic nitrogens is 4. The fourth-order valence-electron chi connectivity index (χ4n) is 4.90. The number of imidazole rings is 1. The summed E-state index contributed by atoms with van der Waals surface area (Å²) < 4.78 is 3.82. The van der Waals surface area contributed by atoms with E-state index in [0.29, 0.717) is 18.6 Å². The number of anilines is 1. The average Bonchev–Trinajstić information content (AvgIpc) is 3.50. The van der Waals surface area contributed by atoms with Crippen molar-refractivity contribution in [2.75, 3.05) is 18.0 Å². The van der Waals surface area contributed by atoms with Crippen LogP contribution in [0.15, 0.2) is 71.1 Å². The van der Waals surface area contributed by atoms with Gasteiger partial charge in [0.1, 0.15) is 5.52 Å². The molecule has 1 aromatic carbocycles. The van der Waals surface area contributed by atoms with Crippen molar-refractivity contribution in [2.45, 2.75) is 32.0 Å². The van der Waals surface area contributed by atoms with Gasteiger partial charge in [-0.1, -0.05) is 30.3 Å². The second kappa shape index (κ2) is 8.70. The van der Waals surface area contributed by atoms with Gasteiger partial charge < -0.3 is 19.8 Å². The first kappa shape index (κ1) is 21.1. The largest absolute Gasteiger partial charge is 0.341 e. The molecule has 34 heavy (non-hydrogen) atoms. The topological polar surface area (TPSA) is 82.0 Å². The molecule has 6 rings (SSSR count). The first-order valence-corrected chi connectivity index (χ1v) is 12.5. The molecule has 0 aliphatic carbocycles. The summed E-state index contributed by atoms with van der Waals surface area (Å²) in [5.41, 5.74) is 8.46. The zero-order chi connectivity index (χ0) is 23.1. The highest BCUT2D eigenvalue weighted by Gasteiger charge is 2.24. The van der Waals surface area contributed by atoms with Crippen LogP contribution in [-0.2, 0) is 13.1 Å². The van der Waals surface area contributed by atoms with Crippen LogP contribution in [0.25, 0.3) is 21.8 Å². The van der Waals surface area contributed by atoms with E-state index in [2.05, 4.69) is 38.0 Å². The van der Waals surface area contributed by atoms with Crippen molar-refractivity contribution in [2.24, 2.45) is 5.73 Å². The summed E-state index contributed by atoms with van der Waals surface area (Å²) in [5.74, 6) is 0.830. The van der Waals surface area contributed by atoms with Crippen LogP contribution in [0.3, 0.4) is 0 Å². The number of rotatable bonds is 5. The normalized spacial score (nSPS) is 16.5. The summed E-state index contributed by atoms with van der Waals surface area (Å²) in [7, 11) is 0. The van der Waals surface area contributed by atoms with Gasteiger partial charge in [-0.05, 0) is 41.8 Å². The predicted molar refractivity (Wildman–Crippen MR) is 138 cm³/mol. The minimum Gasteiger partial charge on any atom is -0.341 e. The van der Waals surface area contributed by atoms with E-state index < -0.39 is 0 Å². The molecule has 2 N–H and O–H groups in total. The van der Waals surface area contributed by atoms with Gasteiger partial charge in [-0.15, -0.1) is 11.3 Å². The molecule has 8 heteroatoms. The van der Waals surface area contributed by atoms with Gasteiger partial charge in [0.25, 0.3) is 5.56 Å². The fourth-order valence-corrected chi connectivity index (χ4v) is 5.59. The Morgan fingerprint density at radius 2 is 2.00 bits per heavy atom. The molecule has 172 valence electrons. The van der Waals surface area contributed by atoms with E-state index in [-0.39, 0.29) is 11.6 Å². The van der Waals surface area contributed by atoms with Crippen molar-refractivity contribution in [3.8, 4) is 0 Å². The highest BCUT2D eigenvalue weighted by molar-refractivity contribution is 7.09. The minimum absolute atomic E-state index is 0.0520. The number of pyridine rings is 2. The molecule has 1 saturated heterocycles. The van der Waals surface area contributed by atoms with E-state index in [1.54, 1.807) is 22.1 Å². The van der Waals surface area contributed by atoms with E-state index >= 15 is 0 Å². The van der Waals surface area contributed by atoms with Crippen LogP contribution >= 0.6 is 11.3 Å². The average molecular weight is 471 g/mol. The Morgan fingerprint density at radius 1 is 1.09 bits per heavy atom. The van der Waals surface area contributed by atoms with E-state index in [0.717, 1.165) is 53.9 Å². The van der Waals surface area contributed by atoms with Crippen molar-refractivity contribution in [3.63, 3.8) is 0 Å². The molecular weight excluding hydrogens is 444 g/mol. The number of nitrogens with zero attached hydrogens (tertiary/aromatic N) is 5. The van der Waals surface area contributed by atoms with E-state index in [4.69, 9.17) is 10.7 Å². The minimum atomic E-state index is -0.0520. The molecule has 0 amide bonds.